The Morgan fingerprint density at radius 3 is 2.56 bits per heavy atom. The molecule has 0 heterocycles. The largest absolute Gasteiger partial charge is 0.325 e. The SMILES string of the molecule is CC(C)(N)CSCCSc1ccccc1F. The molecule has 4 heteroatoms. The zero-order valence-electron chi connectivity index (χ0n) is 9.70. The fourth-order valence-corrected chi connectivity index (χ4v) is 3.18. The molecule has 1 aromatic carbocycles. The van der Waals surface area contributed by atoms with Gasteiger partial charge in [-0.25, -0.2) is 4.39 Å². The van der Waals surface area contributed by atoms with Crippen molar-refractivity contribution in [1.82, 2.24) is 0 Å². The number of halogens is 1. The van der Waals surface area contributed by atoms with Crippen molar-refractivity contribution in [2.24, 2.45) is 5.73 Å². The van der Waals surface area contributed by atoms with E-state index in [1.165, 1.54) is 6.07 Å². The minimum Gasteiger partial charge on any atom is -0.325 e. The van der Waals surface area contributed by atoms with Gasteiger partial charge in [0.05, 0.1) is 0 Å². The second kappa shape index (κ2) is 6.52. The van der Waals surface area contributed by atoms with Crippen molar-refractivity contribution in [3.63, 3.8) is 0 Å². The van der Waals surface area contributed by atoms with Crippen LogP contribution in [0.2, 0.25) is 0 Å². The first-order valence-corrected chi connectivity index (χ1v) is 7.37. The van der Waals surface area contributed by atoms with Crippen LogP contribution in [0.1, 0.15) is 13.8 Å². The number of hydrogen-bond acceptors (Lipinski definition) is 3. The second-order valence-electron chi connectivity index (χ2n) is 4.32. The Balaban J connectivity index is 2.19. The van der Waals surface area contributed by atoms with E-state index in [1.807, 2.05) is 37.7 Å². The summed E-state index contributed by atoms with van der Waals surface area (Å²) < 4.78 is 13.2. The van der Waals surface area contributed by atoms with E-state index in [4.69, 9.17) is 5.73 Å². The van der Waals surface area contributed by atoms with Crippen LogP contribution >= 0.6 is 23.5 Å². The lowest BCUT2D eigenvalue weighted by atomic mass is 10.1. The number of thioether (sulfide) groups is 2. The Bertz CT molecular complexity index is 323. The minimum atomic E-state index is -0.128. The van der Waals surface area contributed by atoms with E-state index >= 15 is 0 Å². The van der Waals surface area contributed by atoms with Crippen LogP contribution in [-0.2, 0) is 0 Å². The summed E-state index contributed by atoms with van der Waals surface area (Å²) in [4.78, 5) is 0.732. The topological polar surface area (TPSA) is 26.0 Å². The molecule has 0 spiro atoms. The van der Waals surface area contributed by atoms with Crippen molar-refractivity contribution >= 4 is 23.5 Å². The molecule has 1 rings (SSSR count). The standard InChI is InChI=1S/C12H18FNS2/c1-12(2,14)9-15-7-8-16-11-6-4-3-5-10(11)13/h3-6H,7-9,14H2,1-2H3. The van der Waals surface area contributed by atoms with Crippen molar-refractivity contribution in [1.29, 1.82) is 0 Å². The van der Waals surface area contributed by atoms with Crippen molar-refractivity contribution < 1.29 is 4.39 Å². The van der Waals surface area contributed by atoms with Gasteiger partial charge in [-0.1, -0.05) is 12.1 Å². The van der Waals surface area contributed by atoms with Crippen molar-refractivity contribution in [2.75, 3.05) is 17.3 Å². The van der Waals surface area contributed by atoms with E-state index in [0.29, 0.717) is 0 Å². The summed E-state index contributed by atoms with van der Waals surface area (Å²) >= 11 is 3.38. The van der Waals surface area contributed by atoms with Gasteiger partial charge in [-0.05, 0) is 26.0 Å². The van der Waals surface area contributed by atoms with Crippen LogP contribution in [0.5, 0.6) is 0 Å². The van der Waals surface area contributed by atoms with Gasteiger partial charge in [-0.3, -0.25) is 0 Å². The molecule has 0 aromatic heterocycles. The third-order valence-corrected chi connectivity index (χ3v) is 4.55. The van der Waals surface area contributed by atoms with Crippen LogP contribution in [0.3, 0.4) is 0 Å². The van der Waals surface area contributed by atoms with E-state index in [2.05, 4.69) is 0 Å². The van der Waals surface area contributed by atoms with Crippen molar-refractivity contribution in [3.8, 4) is 0 Å². The smallest absolute Gasteiger partial charge is 0.136 e. The summed E-state index contributed by atoms with van der Waals surface area (Å²) in [5.74, 6) is 2.73. The van der Waals surface area contributed by atoms with E-state index in [9.17, 15) is 4.39 Å². The third kappa shape index (κ3) is 5.77. The molecule has 0 saturated heterocycles. The molecule has 1 nitrogen and oxygen atoms in total. The van der Waals surface area contributed by atoms with Crippen molar-refractivity contribution in [3.05, 3.63) is 30.1 Å². The Hall–Kier alpha value is -0.190. The van der Waals surface area contributed by atoms with Crippen LogP contribution in [0.4, 0.5) is 4.39 Å². The first-order chi connectivity index (χ1) is 7.49. The quantitative estimate of drug-likeness (QED) is 0.626. The Morgan fingerprint density at radius 1 is 1.25 bits per heavy atom. The molecule has 0 atom stereocenters. The predicted molar refractivity (Wildman–Crippen MR) is 72.7 cm³/mol. The normalized spacial score (nSPS) is 11.8. The molecule has 0 radical (unpaired) electrons. The highest BCUT2D eigenvalue weighted by Gasteiger charge is 2.09. The van der Waals surface area contributed by atoms with E-state index in [0.717, 1.165) is 22.2 Å². The van der Waals surface area contributed by atoms with Gasteiger partial charge in [0.2, 0.25) is 0 Å². The second-order valence-corrected chi connectivity index (χ2v) is 6.56. The average Bonchev–Trinajstić information content (AvgIpc) is 2.18. The Kier molecular flexibility index (Phi) is 5.66. The molecular formula is C12H18FNS2. The highest BCUT2D eigenvalue weighted by molar-refractivity contribution is 8.03. The van der Waals surface area contributed by atoms with Gasteiger partial charge in [0, 0.05) is 27.7 Å². The lowest BCUT2D eigenvalue weighted by Crippen LogP contribution is -2.34. The molecular weight excluding hydrogens is 241 g/mol. The molecule has 0 aliphatic heterocycles. The summed E-state index contributed by atoms with van der Waals surface area (Å²) in [5.41, 5.74) is 5.75. The van der Waals surface area contributed by atoms with Gasteiger partial charge in [-0.2, -0.15) is 11.8 Å². The molecule has 0 aliphatic carbocycles. The Labute approximate surface area is 105 Å². The maximum absolute atomic E-state index is 13.2. The first kappa shape index (κ1) is 13.9. The number of rotatable bonds is 6. The zero-order chi connectivity index (χ0) is 12.0. The summed E-state index contributed by atoms with van der Waals surface area (Å²) in [6.07, 6.45) is 0. The molecule has 0 bridgehead atoms. The van der Waals surface area contributed by atoms with Gasteiger partial charge in [0.25, 0.3) is 0 Å². The van der Waals surface area contributed by atoms with E-state index < -0.39 is 0 Å². The molecule has 1 aromatic rings. The van der Waals surface area contributed by atoms with Gasteiger partial charge in [0.1, 0.15) is 5.82 Å². The molecule has 0 saturated carbocycles. The van der Waals surface area contributed by atoms with E-state index in [1.54, 1.807) is 17.8 Å². The fourth-order valence-electron chi connectivity index (χ4n) is 1.11. The van der Waals surface area contributed by atoms with Crippen LogP contribution in [-0.4, -0.2) is 22.8 Å². The predicted octanol–water partition coefficient (Wildman–Crippen LogP) is 3.39. The number of hydrogen-bond donors (Lipinski definition) is 1. The summed E-state index contributed by atoms with van der Waals surface area (Å²) in [6.45, 7) is 4.04. The van der Waals surface area contributed by atoms with Crippen molar-refractivity contribution in [2.45, 2.75) is 24.3 Å². The summed E-state index contributed by atoms with van der Waals surface area (Å²) in [7, 11) is 0. The van der Waals surface area contributed by atoms with Gasteiger partial charge in [-0.15, -0.1) is 11.8 Å². The maximum Gasteiger partial charge on any atom is 0.136 e. The lowest BCUT2D eigenvalue weighted by Gasteiger charge is -2.17. The molecule has 0 aliphatic rings. The van der Waals surface area contributed by atoms with Crippen LogP contribution in [0, 0.1) is 5.82 Å². The first-order valence-electron chi connectivity index (χ1n) is 5.23. The lowest BCUT2D eigenvalue weighted by molar-refractivity contribution is 0.591. The van der Waals surface area contributed by atoms with Crippen LogP contribution < -0.4 is 5.73 Å². The van der Waals surface area contributed by atoms with Gasteiger partial charge in [0.15, 0.2) is 0 Å². The molecule has 90 valence electrons. The molecule has 0 amide bonds. The van der Waals surface area contributed by atoms with Crippen LogP contribution in [0.15, 0.2) is 29.2 Å². The number of benzene rings is 1. The molecule has 16 heavy (non-hydrogen) atoms. The minimum absolute atomic E-state index is 0.118. The van der Waals surface area contributed by atoms with Gasteiger partial charge < -0.3 is 5.73 Å². The summed E-state index contributed by atoms with van der Waals surface area (Å²) in [5, 5.41) is 0. The Morgan fingerprint density at radius 2 is 1.94 bits per heavy atom. The van der Waals surface area contributed by atoms with E-state index in [-0.39, 0.29) is 11.4 Å². The third-order valence-electron chi connectivity index (χ3n) is 1.80. The average molecular weight is 259 g/mol. The fraction of sp³-hybridized carbons (Fsp3) is 0.500. The highest BCUT2D eigenvalue weighted by atomic mass is 32.2. The molecule has 0 fully saturated rings. The zero-order valence-corrected chi connectivity index (χ0v) is 11.3. The maximum atomic E-state index is 13.2. The highest BCUT2D eigenvalue weighted by Crippen LogP contribution is 2.22. The summed E-state index contributed by atoms with van der Waals surface area (Å²) in [6, 6.07) is 6.89. The molecule has 0 unspecified atom stereocenters. The monoisotopic (exact) mass is 259 g/mol. The molecule has 2 N–H and O–H groups in total. The van der Waals surface area contributed by atoms with Crippen LogP contribution in [0.25, 0.3) is 0 Å². The number of nitrogens with two attached hydrogens (primary N) is 1. The van der Waals surface area contributed by atoms with Gasteiger partial charge >= 0.3 is 0 Å².